The molecule has 35 heteroatoms. The number of rotatable bonds is 22. The van der Waals surface area contributed by atoms with Crippen molar-refractivity contribution in [2.75, 3.05) is 10.8 Å². The number of pyridine rings is 4. The van der Waals surface area contributed by atoms with Crippen molar-refractivity contribution in [1.82, 2.24) is 52.5 Å². The van der Waals surface area contributed by atoms with Gasteiger partial charge in [-0.1, -0.05) is 124 Å². The van der Waals surface area contributed by atoms with Crippen LogP contribution < -0.4 is 4.31 Å². The minimum atomic E-state index is -3.95. The van der Waals surface area contributed by atoms with Gasteiger partial charge in [0.2, 0.25) is 0 Å². The topological polar surface area (TPSA) is 411 Å². The van der Waals surface area contributed by atoms with Gasteiger partial charge in [0.1, 0.15) is 35.2 Å². The number of esters is 1. The largest absolute Gasteiger partial charge is 0.481 e. The predicted octanol–water partition coefficient (Wildman–Crippen LogP) is 16.5. The number of carbonyl (C=O) groups is 3. The van der Waals surface area contributed by atoms with Crippen LogP contribution in [-0.4, -0.2) is 121 Å². The van der Waals surface area contributed by atoms with Crippen molar-refractivity contribution in [2.24, 2.45) is 0 Å². The van der Waals surface area contributed by atoms with E-state index in [-0.39, 0.29) is 57.9 Å². The Morgan fingerprint density at radius 3 is 1.24 bits per heavy atom. The zero-order chi connectivity index (χ0) is 87.4. The van der Waals surface area contributed by atoms with Crippen LogP contribution in [0.1, 0.15) is 93.4 Å². The van der Waals surface area contributed by atoms with E-state index in [4.69, 9.17) is 33.0 Å². The Labute approximate surface area is 719 Å². The molecule has 2 N–H and O–H groups in total. The Hall–Kier alpha value is -13.4. The normalized spacial score (nSPS) is 12.9. The molecule has 1 aliphatic heterocycles. The number of carbonyl (C=O) groups excluding carboxylic acids is 1. The number of hydrogen-bond acceptors (Lipinski definition) is 24. The van der Waals surface area contributed by atoms with Crippen LogP contribution in [0.2, 0.25) is 0 Å². The van der Waals surface area contributed by atoms with Crippen LogP contribution in [0.4, 0.5) is 5.69 Å². The lowest BCUT2D eigenvalue weighted by molar-refractivity contribution is -0.139. The summed E-state index contributed by atoms with van der Waals surface area (Å²) < 4.78 is 139. The number of carboxylic acids is 2. The van der Waals surface area contributed by atoms with Gasteiger partial charge in [0.15, 0.2) is 0 Å². The molecular formula is C88H77IN12O18S4. The second-order valence-electron chi connectivity index (χ2n) is 28.6. The van der Waals surface area contributed by atoms with Gasteiger partial charge in [0, 0.05) is 125 Å². The van der Waals surface area contributed by atoms with E-state index in [1.54, 1.807) is 174 Å². The van der Waals surface area contributed by atoms with Crippen molar-refractivity contribution < 1.29 is 81.1 Å². The average Bonchev–Trinajstić information content (AvgIpc) is 1.63. The molecule has 0 bridgehead atoms. The van der Waals surface area contributed by atoms with E-state index < -0.39 is 58.0 Å². The molecule has 0 spiro atoms. The van der Waals surface area contributed by atoms with Crippen LogP contribution in [0.25, 0.3) is 83.7 Å². The van der Waals surface area contributed by atoms with Gasteiger partial charge >= 0.3 is 17.9 Å². The van der Waals surface area contributed by atoms with Gasteiger partial charge in [0.25, 0.3) is 40.1 Å². The van der Waals surface area contributed by atoms with Crippen molar-refractivity contribution in [3.63, 3.8) is 0 Å². The van der Waals surface area contributed by atoms with E-state index in [9.17, 15) is 48.1 Å². The lowest BCUT2D eigenvalue weighted by Gasteiger charge is -2.20. The van der Waals surface area contributed by atoms with Gasteiger partial charge < -0.3 is 33.0 Å². The highest BCUT2D eigenvalue weighted by molar-refractivity contribution is 14.1. The number of ether oxygens (including phenoxy) is 1. The molecule has 0 radical (unpaired) electrons. The molecule has 123 heavy (non-hydrogen) atoms. The van der Waals surface area contributed by atoms with Crippen LogP contribution >= 0.6 is 22.6 Å². The average molecular weight is 1850 g/mol. The van der Waals surface area contributed by atoms with Gasteiger partial charge in [-0.2, -0.15) is 0 Å². The minimum Gasteiger partial charge on any atom is -0.481 e. The molecule has 628 valence electrons. The highest BCUT2D eigenvalue weighted by Gasteiger charge is 2.39. The van der Waals surface area contributed by atoms with Crippen LogP contribution in [0.5, 0.6) is 0 Å². The number of anilines is 1. The SMILES string of the molecule is Cc1noc(C)c1-c1cnc2c(/C=C/C(=O)OCc3ccccc3)cn(S(=O)(=O)c3ccccc3)c2c1.Cc1noc(C)c1-c1cnc2c(CCC(=O)O)cn(S(=O)(=O)c3ccccc3)c2c1.Cc1noc(C)c1-c1cnc2c(I)cn(S(=O)(=O)c3ccccc3)c2c1.Cc1noc(C)c1-c1cnc2c(c1)N(S(=O)(=O)c1ccccc1)CC2CCC(=O)O. The maximum absolute atomic E-state index is 13.6. The van der Waals surface area contributed by atoms with Crippen molar-refractivity contribution in [2.45, 2.75) is 113 Å². The number of benzene rings is 5. The van der Waals surface area contributed by atoms with Gasteiger partial charge in [-0.3, -0.25) is 33.8 Å². The van der Waals surface area contributed by atoms with E-state index in [1.807, 2.05) is 64.1 Å². The first kappa shape index (κ1) is 86.0. The molecule has 0 amide bonds. The summed E-state index contributed by atoms with van der Waals surface area (Å²) in [4.78, 5) is 53.2. The smallest absolute Gasteiger partial charge is 0.331 e. The Morgan fingerprint density at radius 2 is 0.821 bits per heavy atom. The zero-order valence-electron chi connectivity index (χ0n) is 67.1. The lowest BCUT2D eigenvalue weighted by atomic mass is 9.99. The first-order valence-electron chi connectivity index (χ1n) is 38.0. The molecule has 12 heterocycles. The third kappa shape index (κ3) is 17.9. The Kier molecular flexibility index (Phi) is 25.0. The molecule has 16 aromatic rings. The van der Waals surface area contributed by atoms with Gasteiger partial charge in [-0.15, -0.1) is 0 Å². The minimum absolute atomic E-state index is 0.0589. The third-order valence-electron chi connectivity index (χ3n) is 20.3. The van der Waals surface area contributed by atoms with Crippen molar-refractivity contribution in [1.29, 1.82) is 0 Å². The second-order valence-corrected chi connectivity index (χ2v) is 37.0. The quantitative estimate of drug-likeness (QED) is 0.0361. The van der Waals surface area contributed by atoms with E-state index in [0.717, 1.165) is 42.6 Å². The first-order chi connectivity index (χ1) is 58.8. The number of hydrogen-bond donors (Lipinski definition) is 2. The lowest BCUT2D eigenvalue weighted by Crippen LogP contribution is -2.30. The highest BCUT2D eigenvalue weighted by Crippen LogP contribution is 2.44. The Morgan fingerprint density at radius 1 is 0.455 bits per heavy atom. The molecule has 5 aromatic carbocycles. The maximum atomic E-state index is 13.6. The molecule has 1 unspecified atom stereocenters. The molecule has 11 aromatic heterocycles. The molecule has 17 rings (SSSR count). The van der Waals surface area contributed by atoms with Crippen LogP contribution in [-0.2, 0) is 72.2 Å². The summed E-state index contributed by atoms with van der Waals surface area (Å²) in [5.41, 5.74) is 14.4. The number of aromatic nitrogens is 11. The number of halogens is 1. The predicted molar refractivity (Wildman–Crippen MR) is 465 cm³/mol. The summed E-state index contributed by atoms with van der Waals surface area (Å²) in [6.07, 6.45) is 14.2. The number of fused-ring (bicyclic) bond motifs is 4. The van der Waals surface area contributed by atoms with Gasteiger partial charge in [0.05, 0.1) is 84.9 Å². The Bertz CT molecular complexity index is 7140. The van der Waals surface area contributed by atoms with E-state index in [0.29, 0.717) is 119 Å². The van der Waals surface area contributed by atoms with Crippen molar-refractivity contribution in [3.8, 4) is 44.5 Å². The summed E-state index contributed by atoms with van der Waals surface area (Å²) in [6.45, 7) is 14.7. The Balaban J connectivity index is 0.000000135. The molecule has 0 aliphatic carbocycles. The monoisotopic (exact) mass is 1840 g/mol. The van der Waals surface area contributed by atoms with E-state index >= 15 is 0 Å². The van der Waals surface area contributed by atoms with Gasteiger partial charge in [-0.25, -0.2) is 50.4 Å². The van der Waals surface area contributed by atoms with Crippen LogP contribution in [0.3, 0.4) is 0 Å². The summed E-state index contributed by atoms with van der Waals surface area (Å²) in [6, 6.07) is 49.1. The fourth-order valence-corrected chi connectivity index (χ4v) is 21.0. The summed E-state index contributed by atoms with van der Waals surface area (Å²) in [5.74, 6) is -0.249. The van der Waals surface area contributed by atoms with Crippen molar-refractivity contribution in [3.05, 3.63) is 297 Å². The maximum Gasteiger partial charge on any atom is 0.331 e. The first-order valence-corrected chi connectivity index (χ1v) is 44.9. The number of carboxylic acid groups (broad SMARTS) is 2. The summed E-state index contributed by atoms with van der Waals surface area (Å²) >= 11 is 2.10. The zero-order valence-corrected chi connectivity index (χ0v) is 72.5. The summed E-state index contributed by atoms with van der Waals surface area (Å²) in [5, 5.41) is 34.0. The van der Waals surface area contributed by atoms with Crippen LogP contribution in [0.15, 0.2) is 263 Å². The van der Waals surface area contributed by atoms with Crippen molar-refractivity contribution >= 4 is 125 Å². The number of aryl methyl sites for hydroxylation is 9. The standard InChI is InChI=1S/C28H23N3O5S.C21H21N3O5S.C21H19N3O5S.C18H14IN3O3S/c1-19-27(20(2)36-30-19)23-15-25-28(29-16-23)22(13-14-26(32)35-18-21-9-5-3-6-10-21)17-31(25)37(33,34)24-11-7-4-8-12-24;2*1-13-20(14(2)29-23-13)16-10-18-21(22-11-16)15(8-9-19(25)26)12-24(18)30(27,28)17-6-4-3-5-7-17;1-11-17(12(2)25-21-11)13-8-16-18(20-9-13)15(19)10-22(16)26(23,24)14-6-4-3-5-7-14/h3-17H,18H2,1-2H3;3-7,10-11,15H,8-9,12H2,1-2H3,(H,25,26);3-7,10-12H,8-9H2,1-2H3,(H,25,26);3-10H,1-2H3/b14-13+;;;. The van der Waals surface area contributed by atoms with Gasteiger partial charge in [-0.05, 0) is 181 Å². The molecule has 1 aliphatic rings. The molecule has 1 atom stereocenters. The van der Waals surface area contributed by atoms with Crippen LogP contribution in [0, 0.1) is 59.0 Å². The molecule has 0 fully saturated rings. The summed E-state index contributed by atoms with van der Waals surface area (Å²) in [7, 11) is -15.4. The number of nitrogens with zero attached hydrogens (tertiary/aromatic N) is 12. The fraction of sp³-hybridized carbons (Fsp3) is 0.170. The number of aliphatic carboxylic acids is 2. The van der Waals surface area contributed by atoms with E-state index in [2.05, 4.69) is 63.2 Å². The number of sulfonamides is 1. The second kappa shape index (κ2) is 35.8. The third-order valence-corrected chi connectivity index (χ3v) is 27.9. The molecular weight excluding hydrogens is 1770 g/mol. The molecule has 30 nitrogen and oxygen atoms in total. The van der Waals surface area contributed by atoms with E-state index in [1.165, 1.54) is 65.0 Å². The fourth-order valence-electron chi connectivity index (χ4n) is 14.4. The highest BCUT2D eigenvalue weighted by atomic mass is 127. The molecule has 0 saturated heterocycles. The molecule has 0 saturated carbocycles.